The van der Waals surface area contributed by atoms with Crippen LogP contribution >= 0.6 is 0 Å². The van der Waals surface area contributed by atoms with Gasteiger partial charge in [0.15, 0.2) is 0 Å². The number of hydrogen-bond acceptors (Lipinski definition) is 3. The monoisotopic (exact) mass is 235 g/mol. The van der Waals surface area contributed by atoms with E-state index >= 15 is 0 Å². The Kier molecular flexibility index (Phi) is 6.82. The van der Waals surface area contributed by atoms with Crippen molar-refractivity contribution < 1.29 is 0 Å². The minimum Gasteiger partial charge on any atom is -0.311 e. The van der Waals surface area contributed by atoms with E-state index in [1.54, 1.807) is 0 Å². The van der Waals surface area contributed by atoms with Gasteiger partial charge in [0, 0.05) is 38.1 Å². The van der Waals surface area contributed by atoms with E-state index in [0.717, 1.165) is 19.6 Å². The van der Waals surface area contributed by atoms with Crippen LogP contribution in [0.4, 0.5) is 0 Å². The van der Waals surface area contributed by atoms with Gasteiger partial charge in [-0.3, -0.25) is 9.88 Å². The molecule has 3 heteroatoms. The largest absolute Gasteiger partial charge is 0.311 e. The van der Waals surface area contributed by atoms with E-state index < -0.39 is 0 Å². The molecule has 1 rings (SSSR count). The molecule has 1 N–H and O–H groups in total. The summed E-state index contributed by atoms with van der Waals surface area (Å²) >= 11 is 0. The molecule has 0 aliphatic carbocycles. The molecule has 0 aliphatic heterocycles. The van der Waals surface area contributed by atoms with Crippen LogP contribution in [-0.4, -0.2) is 35.6 Å². The number of rotatable bonds is 8. The highest BCUT2D eigenvalue weighted by Gasteiger charge is 2.06. The molecule has 0 saturated heterocycles. The van der Waals surface area contributed by atoms with Crippen LogP contribution in [0.5, 0.6) is 0 Å². The smallest absolute Gasteiger partial charge is 0.0312 e. The molecular weight excluding hydrogens is 210 g/mol. The van der Waals surface area contributed by atoms with E-state index in [9.17, 15) is 0 Å². The van der Waals surface area contributed by atoms with Gasteiger partial charge >= 0.3 is 0 Å². The summed E-state index contributed by atoms with van der Waals surface area (Å²) in [6.45, 7) is 11.0. The molecule has 0 atom stereocenters. The maximum atomic E-state index is 4.11. The third-order valence-corrected chi connectivity index (χ3v) is 2.87. The molecule has 1 aromatic rings. The SMILES string of the molecule is CCCN(CCNCc1cccnc1)C(C)C. The quantitative estimate of drug-likeness (QED) is 0.701. The summed E-state index contributed by atoms with van der Waals surface area (Å²) in [6, 6.07) is 4.72. The fourth-order valence-electron chi connectivity index (χ4n) is 1.87. The highest BCUT2D eigenvalue weighted by atomic mass is 15.2. The summed E-state index contributed by atoms with van der Waals surface area (Å²) < 4.78 is 0. The van der Waals surface area contributed by atoms with Crippen molar-refractivity contribution in [3.05, 3.63) is 30.1 Å². The van der Waals surface area contributed by atoms with Crippen molar-refractivity contribution in [3.8, 4) is 0 Å². The average molecular weight is 235 g/mol. The Morgan fingerprint density at radius 1 is 1.35 bits per heavy atom. The normalized spacial score (nSPS) is 11.4. The van der Waals surface area contributed by atoms with Gasteiger partial charge < -0.3 is 5.32 Å². The van der Waals surface area contributed by atoms with Gasteiger partial charge in [0.2, 0.25) is 0 Å². The van der Waals surface area contributed by atoms with Gasteiger partial charge in [-0.2, -0.15) is 0 Å². The number of aromatic nitrogens is 1. The Morgan fingerprint density at radius 3 is 2.76 bits per heavy atom. The lowest BCUT2D eigenvalue weighted by Gasteiger charge is -2.25. The predicted octanol–water partition coefficient (Wildman–Crippen LogP) is 2.29. The zero-order valence-electron chi connectivity index (χ0n) is 11.3. The molecule has 0 radical (unpaired) electrons. The molecule has 0 unspecified atom stereocenters. The highest BCUT2D eigenvalue weighted by molar-refractivity contribution is 5.07. The van der Waals surface area contributed by atoms with Gasteiger partial charge in [0.1, 0.15) is 0 Å². The molecule has 0 spiro atoms. The van der Waals surface area contributed by atoms with Crippen molar-refractivity contribution in [2.24, 2.45) is 0 Å². The molecular formula is C14H25N3. The summed E-state index contributed by atoms with van der Waals surface area (Å²) in [6.07, 6.45) is 4.95. The zero-order valence-corrected chi connectivity index (χ0v) is 11.3. The van der Waals surface area contributed by atoms with Crippen LogP contribution in [0.25, 0.3) is 0 Å². The summed E-state index contributed by atoms with van der Waals surface area (Å²) in [7, 11) is 0. The van der Waals surface area contributed by atoms with E-state index in [4.69, 9.17) is 0 Å². The van der Waals surface area contributed by atoms with E-state index in [2.05, 4.69) is 42.0 Å². The lowest BCUT2D eigenvalue weighted by atomic mass is 10.2. The molecule has 96 valence electrons. The number of nitrogens with one attached hydrogen (secondary N) is 1. The van der Waals surface area contributed by atoms with Crippen LogP contribution in [0.1, 0.15) is 32.8 Å². The topological polar surface area (TPSA) is 28.2 Å². The van der Waals surface area contributed by atoms with Gasteiger partial charge in [0.05, 0.1) is 0 Å². The van der Waals surface area contributed by atoms with Crippen molar-refractivity contribution in [2.75, 3.05) is 19.6 Å². The first-order chi connectivity index (χ1) is 8.24. The van der Waals surface area contributed by atoms with Crippen LogP contribution in [0.2, 0.25) is 0 Å². The van der Waals surface area contributed by atoms with Crippen LogP contribution in [-0.2, 0) is 6.54 Å². The van der Waals surface area contributed by atoms with Gasteiger partial charge in [-0.25, -0.2) is 0 Å². The molecule has 0 fully saturated rings. The highest BCUT2D eigenvalue weighted by Crippen LogP contribution is 1.99. The van der Waals surface area contributed by atoms with Crippen molar-refractivity contribution in [1.29, 1.82) is 0 Å². The van der Waals surface area contributed by atoms with Crippen molar-refractivity contribution in [2.45, 2.75) is 39.8 Å². The fourth-order valence-corrected chi connectivity index (χ4v) is 1.87. The van der Waals surface area contributed by atoms with Crippen LogP contribution in [0.15, 0.2) is 24.5 Å². The van der Waals surface area contributed by atoms with Crippen molar-refractivity contribution >= 4 is 0 Å². The second kappa shape index (κ2) is 8.20. The first-order valence-electron chi connectivity index (χ1n) is 6.57. The molecule has 0 aromatic carbocycles. The number of hydrogen-bond donors (Lipinski definition) is 1. The van der Waals surface area contributed by atoms with Gasteiger partial charge in [-0.05, 0) is 38.4 Å². The number of nitrogens with zero attached hydrogens (tertiary/aromatic N) is 2. The molecule has 1 heterocycles. The molecule has 17 heavy (non-hydrogen) atoms. The summed E-state index contributed by atoms with van der Waals surface area (Å²) in [5.74, 6) is 0. The first-order valence-corrected chi connectivity index (χ1v) is 6.57. The average Bonchev–Trinajstić information content (AvgIpc) is 2.34. The van der Waals surface area contributed by atoms with Crippen LogP contribution < -0.4 is 5.32 Å². The molecule has 1 aromatic heterocycles. The predicted molar refractivity (Wildman–Crippen MR) is 72.9 cm³/mol. The molecule has 0 aliphatic rings. The summed E-state index contributed by atoms with van der Waals surface area (Å²) in [5.41, 5.74) is 1.25. The molecule has 0 amide bonds. The van der Waals surface area contributed by atoms with E-state index in [0.29, 0.717) is 6.04 Å². The Morgan fingerprint density at radius 2 is 2.18 bits per heavy atom. The Bertz CT molecular complexity index is 285. The maximum Gasteiger partial charge on any atom is 0.0312 e. The Balaban J connectivity index is 2.18. The first kappa shape index (κ1) is 14.1. The maximum absolute atomic E-state index is 4.11. The van der Waals surface area contributed by atoms with E-state index in [-0.39, 0.29) is 0 Å². The standard InChI is InChI=1S/C14H25N3/c1-4-9-17(13(2)3)10-8-16-12-14-6-5-7-15-11-14/h5-7,11,13,16H,4,8-10,12H2,1-3H3. The van der Waals surface area contributed by atoms with Gasteiger partial charge in [-0.15, -0.1) is 0 Å². The minimum absolute atomic E-state index is 0.634. The second-order valence-corrected chi connectivity index (χ2v) is 4.67. The number of pyridine rings is 1. The second-order valence-electron chi connectivity index (χ2n) is 4.67. The van der Waals surface area contributed by atoms with Crippen molar-refractivity contribution in [1.82, 2.24) is 15.2 Å². The van der Waals surface area contributed by atoms with E-state index in [1.165, 1.54) is 18.5 Å². The molecule has 3 nitrogen and oxygen atoms in total. The molecule has 0 bridgehead atoms. The minimum atomic E-state index is 0.634. The molecule has 0 saturated carbocycles. The van der Waals surface area contributed by atoms with Crippen molar-refractivity contribution in [3.63, 3.8) is 0 Å². The third kappa shape index (κ3) is 5.80. The van der Waals surface area contributed by atoms with Crippen LogP contribution in [0, 0.1) is 0 Å². The Hall–Kier alpha value is -0.930. The fraction of sp³-hybridized carbons (Fsp3) is 0.643. The van der Waals surface area contributed by atoms with Crippen LogP contribution in [0.3, 0.4) is 0 Å². The Labute approximate surface area is 105 Å². The van der Waals surface area contributed by atoms with Gasteiger partial charge in [0.25, 0.3) is 0 Å². The summed E-state index contributed by atoms with van der Waals surface area (Å²) in [4.78, 5) is 6.62. The summed E-state index contributed by atoms with van der Waals surface area (Å²) in [5, 5.41) is 3.46. The lowest BCUT2D eigenvalue weighted by molar-refractivity contribution is 0.222. The zero-order chi connectivity index (χ0) is 12.5. The lowest BCUT2D eigenvalue weighted by Crippen LogP contribution is -2.37. The third-order valence-electron chi connectivity index (χ3n) is 2.87. The van der Waals surface area contributed by atoms with Gasteiger partial charge in [-0.1, -0.05) is 13.0 Å². The van der Waals surface area contributed by atoms with E-state index in [1.807, 2.05) is 18.5 Å².